The highest BCUT2D eigenvalue weighted by molar-refractivity contribution is 5.80. The van der Waals surface area contributed by atoms with E-state index in [0.717, 1.165) is 63.0 Å². The van der Waals surface area contributed by atoms with Gasteiger partial charge in [0.15, 0.2) is 5.96 Å². The molecule has 7 nitrogen and oxygen atoms in total. The lowest BCUT2D eigenvalue weighted by Crippen LogP contribution is -2.52. The van der Waals surface area contributed by atoms with E-state index in [0.29, 0.717) is 6.54 Å². The Labute approximate surface area is 180 Å². The van der Waals surface area contributed by atoms with Gasteiger partial charge in [-0.2, -0.15) is 5.10 Å². The van der Waals surface area contributed by atoms with Crippen LogP contribution in [-0.2, 0) is 26.4 Å². The van der Waals surface area contributed by atoms with Crippen LogP contribution in [0.5, 0.6) is 5.75 Å². The smallest absolute Gasteiger partial charge is 0.194 e. The molecule has 1 aliphatic rings. The van der Waals surface area contributed by atoms with Gasteiger partial charge in [0.05, 0.1) is 19.3 Å². The Hall–Kier alpha value is -2.70. The second-order valence-corrected chi connectivity index (χ2v) is 7.55. The number of rotatable bonds is 7. The van der Waals surface area contributed by atoms with Gasteiger partial charge in [0.25, 0.3) is 0 Å². The maximum Gasteiger partial charge on any atom is 0.194 e. The Bertz CT molecular complexity index is 851. The molecule has 0 unspecified atom stereocenters. The molecule has 0 bridgehead atoms. The van der Waals surface area contributed by atoms with Crippen LogP contribution in [0.4, 0.5) is 5.69 Å². The van der Waals surface area contributed by atoms with Gasteiger partial charge < -0.3 is 19.9 Å². The van der Waals surface area contributed by atoms with Crippen molar-refractivity contribution in [1.82, 2.24) is 20.0 Å². The molecule has 1 aliphatic heterocycles. The number of hydrogen-bond donors (Lipinski definition) is 1. The lowest BCUT2D eigenvalue weighted by Gasteiger charge is -2.37. The zero-order chi connectivity index (χ0) is 21.5. The summed E-state index contributed by atoms with van der Waals surface area (Å²) in [5, 5.41) is 8.18. The van der Waals surface area contributed by atoms with Gasteiger partial charge in [-0.1, -0.05) is 19.9 Å². The third-order valence-corrected chi connectivity index (χ3v) is 5.75. The molecule has 3 rings (SSSR count). The molecule has 0 spiro atoms. The minimum absolute atomic E-state index is 0.679. The fourth-order valence-electron chi connectivity index (χ4n) is 4.14. The molecule has 1 aromatic heterocycles. The van der Waals surface area contributed by atoms with E-state index in [1.54, 1.807) is 7.11 Å². The van der Waals surface area contributed by atoms with Gasteiger partial charge in [0.1, 0.15) is 5.75 Å². The number of piperazine rings is 1. The first-order valence-corrected chi connectivity index (χ1v) is 11.1. The van der Waals surface area contributed by atoms with Crippen LogP contribution in [-0.4, -0.2) is 60.5 Å². The molecule has 0 aliphatic carbocycles. The van der Waals surface area contributed by atoms with E-state index < -0.39 is 0 Å². The second kappa shape index (κ2) is 10.4. The molecule has 1 N–H and O–H groups in total. The lowest BCUT2D eigenvalue weighted by molar-refractivity contribution is 0.372. The quantitative estimate of drug-likeness (QED) is 0.560. The standard InChI is InChI=1S/C23H36N6O/c1-6-21-20(22(7-2)27(4)26-21)17-25-23(24-8-3)29-14-12-28(13-15-29)18-10-9-11-19(16-18)30-5/h9-11,16H,6-8,12-15,17H2,1-5H3,(H,24,25). The van der Waals surface area contributed by atoms with Crippen LogP contribution in [0, 0.1) is 0 Å². The molecule has 30 heavy (non-hydrogen) atoms. The van der Waals surface area contributed by atoms with Gasteiger partial charge in [-0.15, -0.1) is 0 Å². The Kier molecular flexibility index (Phi) is 7.60. The van der Waals surface area contributed by atoms with Crippen molar-refractivity contribution in [3.8, 4) is 5.75 Å². The van der Waals surface area contributed by atoms with Crippen LogP contribution in [0.25, 0.3) is 0 Å². The molecule has 7 heteroatoms. The number of aromatic nitrogens is 2. The molecule has 1 saturated heterocycles. The Morgan fingerprint density at radius 2 is 1.90 bits per heavy atom. The van der Waals surface area contributed by atoms with Crippen molar-refractivity contribution >= 4 is 11.6 Å². The van der Waals surface area contributed by atoms with E-state index in [4.69, 9.17) is 14.8 Å². The molecule has 164 valence electrons. The lowest BCUT2D eigenvalue weighted by atomic mass is 10.1. The summed E-state index contributed by atoms with van der Waals surface area (Å²) in [7, 11) is 3.75. The van der Waals surface area contributed by atoms with Gasteiger partial charge in [0.2, 0.25) is 0 Å². The van der Waals surface area contributed by atoms with Crippen molar-refractivity contribution in [2.45, 2.75) is 40.2 Å². The van der Waals surface area contributed by atoms with Crippen LogP contribution < -0.4 is 15.0 Å². The van der Waals surface area contributed by atoms with E-state index in [-0.39, 0.29) is 0 Å². The predicted octanol–water partition coefficient (Wildman–Crippen LogP) is 2.84. The van der Waals surface area contributed by atoms with E-state index in [9.17, 15) is 0 Å². The number of ether oxygens (including phenoxy) is 1. The summed E-state index contributed by atoms with van der Waals surface area (Å²) in [6.07, 6.45) is 1.92. The molecule has 0 saturated carbocycles. The summed E-state index contributed by atoms with van der Waals surface area (Å²) in [4.78, 5) is 9.78. The Balaban J connectivity index is 1.70. The van der Waals surface area contributed by atoms with Crippen LogP contribution >= 0.6 is 0 Å². The zero-order valence-electron chi connectivity index (χ0n) is 19.1. The molecule has 0 amide bonds. The van der Waals surface area contributed by atoms with E-state index in [2.05, 4.69) is 54.1 Å². The predicted molar refractivity (Wildman–Crippen MR) is 124 cm³/mol. The number of benzene rings is 1. The summed E-state index contributed by atoms with van der Waals surface area (Å²) < 4.78 is 7.39. The average molecular weight is 413 g/mol. The molecule has 2 heterocycles. The number of nitrogens with one attached hydrogen (secondary N) is 1. The first kappa shape index (κ1) is 22.0. The number of aliphatic imine (C=N–C) groups is 1. The monoisotopic (exact) mass is 412 g/mol. The highest BCUT2D eigenvalue weighted by Gasteiger charge is 2.21. The summed E-state index contributed by atoms with van der Waals surface area (Å²) in [5.74, 6) is 1.90. The van der Waals surface area contributed by atoms with Crippen LogP contribution in [0.1, 0.15) is 37.7 Å². The number of aryl methyl sites for hydroxylation is 2. The van der Waals surface area contributed by atoms with Crippen LogP contribution in [0.15, 0.2) is 29.3 Å². The maximum atomic E-state index is 5.38. The third-order valence-electron chi connectivity index (χ3n) is 5.75. The summed E-state index contributed by atoms with van der Waals surface area (Å²) in [5.41, 5.74) is 4.95. The first-order chi connectivity index (χ1) is 14.6. The molecule has 2 aromatic rings. The summed E-state index contributed by atoms with van der Waals surface area (Å²) in [6.45, 7) is 11.8. The largest absolute Gasteiger partial charge is 0.497 e. The van der Waals surface area contributed by atoms with Crippen LogP contribution in [0.3, 0.4) is 0 Å². The molecular weight excluding hydrogens is 376 g/mol. The van der Waals surface area contributed by atoms with Gasteiger partial charge in [0, 0.05) is 62.8 Å². The van der Waals surface area contributed by atoms with Gasteiger partial charge in [-0.05, 0) is 31.9 Å². The van der Waals surface area contributed by atoms with Crippen molar-refractivity contribution in [3.63, 3.8) is 0 Å². The topological polar surface area (TPSA) is 57.9 Å². The first-order valence-electron chi connectivity index (χ1n) is 11.1. The highest BCUT2D eigenvalue weighted by atomic mass is 16.5. The number of guanidine groups is 1. The number of anilines is 1. The zero-order valence-corrected chi connectivity index (χ0v) is 19.1. The minimum Gasteiger partial charge on any atom is -0.497 e. The Morgan fingerprint density at radius 1 is 1.13 bits per heavy atom. The Morgan fingerprint density at radius 3 is 2.53 bits per heavy atom. The van der Waals surface area contributed by atoms with Crippen molar-refractivity contribution in [1.29, 1.82) is 0 Å². The van der Waals surface area contributed by atoms with E-state index in [1.807, 2.05) is 17.8 Å². The van der Waals surface area contributed by atoms with E-state index >= 15 is 0 Å². The normalized spacial score (nSPS) is 14.9. The third kappa shape index (κ3) is 4.89. The van der Waals surface area contributed by atoms with Gasteiger partial charge in [-0.25, -0.2) is 4.99 Å². The molecule has 0 atom stereocenters. The molecular formula is C23H36N6O. The van der Waals surface area contributed by atoms with Crippen molar-refractivity contribution in [2.75, 3.05) is 44.7 Å². The highest BCUT2D eigenvalue weighted by Crippen LogP contribution is 2.22. The fourth-order valence-corrected chi connectivity index (χ4v) is 4.14. The summed E-state index contributed by atoms with van der Waals surface area (Å²) >= 11 is 0. The average Bonchev–Trinajstić information content (AvgIpc) is 3.11. The number of nitrogens with zero attached hydrogens (tertiary/aromatic N) is 5. The SMILES string of the molecule is CCNC(=NCc1c(CC)nn(C)c1CC)N1CCN(c2cccc(OC)c2)CC1. The van der Waals surface area contributed by atoms with Gasteiger partial charge in [-0.3, -0.25) is 4.68 Å². The van der Waals surface area contributed by atoms with Crippen molar-refractivity contribution in [3.05, 3.63) is 41.2 Å². The minimum atomic E-state index is 0.679. The van der Waals surface area contributed by atoms with Crippen molar-refractivity contribution < 1.29 is 4.74 Å². The molecule has 1 fully saturated rings. The molecule has 0 radical (unpaired) electrons. The van der Waals surface area contributed by atoms with Gasteiger partial charge >= 0.3 is 0 Å². The number of methoxy groups -OCH3 is 1. The van der Waals surface area contributed by atoms with Crippen molar-refractivity contribution in [2.24, 2.45) is 12.0 Å². The summed E-state index contributed by atoms with van der Waals surface area (Å²) in [6, 6.07) is 8.30. The second-order valence-electron chi connectivity index (χ2n) is 7.55. The maximum absolute atomic E-state index is 5.38. The van der Waals surface area contributed by atoms with E-state index in [1.165, 1.54) is 16.9 Å². The fraction of sp³-hybridized carbons (Fsp3) is 0.565. The van der Waals surface area contributed by atoms with Crippen LogP contribution in [0.2, 0.25) is 0 Å². The molecule has 1 aromatic carbocycles. The number of hydrogen-bond acceptors (Lipinski definition) is 4.